The lowest BCUT2D eigenvalue weighted by molar-refractivity contribution is 0.0852. The number of rotatable bonds is 9. The molecular weight excluding hydrogens is 164 g/mol. The van der Waals surface area contributed by atoms with E-state index in [0.717, 1.165) is 12.8 Å². The molecule has 0 aliphatic rings. The highest BCUT2D eigenvalue weighted by Gasteiger charge is 1.83. The summed E-state index contributed by atoms with van der Waals surface area (Å²) in [6, 6.07) is 0. The van der Waals surface area contributed by atoms with Gasteiger partial charge in [0.15, 0.2) is 0 Å². The number of allylic oxidation sites excluding steroid dienone is 2. The van der Waals surface area contributed by atoms with Gasteiger partial charge in [-0.05, 0) is 19.3 Å². The summed E-state index contributed by atoms with van der Waals surface area (Å²) in [7, 11) is 1.68. The monoisotopic (exact) mass is 184 g/mol. The number of hydrogen-bond acceptors (Lipinski definition) is 2. The summed E-state index contributed by atoms with van der Waals surface area (Å²) >= 11 is 0. The summed E-state index contributed by atoms with van der Waals surface area (Å²) in [6.45, 7) is 5.70. The van der Waals surface area contributed by atoms with E-state index in [1.807, 2.05) is 6.08 Å². The molecule has 0 unspecified atom stereocenters. The van der Waals surface area contributed by atoms with Crippen molar-refractivity contribution in [2.24, 2.45) is 0 Å². The van der Waals surface area contributed by atoms with Crippen molar-refractivity contribution < 1.29 is 9.47 Å². The number of ether oxygens (including phenoxy) is 2. The van der Waals surface area contributed by atoms with Gasteiger partial charge in [0.25, 0.3) is 0 Å². The molecule has 76 valence electrons. The van der Waals surface area contributed by atoms with Gasteiger partial charge < -0.3 is 9.47 Å². The topological polar surface area (TPSA) is 18.5 Å². The van der Waals surface area contributed by atoms with Crippen LogP contribution in [-0.4, -0.2) is 26.9 Å². The second-order valence-electron chi connectivity index (χ2n) is 2.76. The van der Waals surface area contributed by atoms with E-state index >= 15 is 0 Å². The van der Waals surface area contributed by atoms with E-state index in [1.54, 1.807) is 7.11 Å². The van der Waals surface area contributed by atoms with Crippen LogP contribution in [0, 0.1) is 0 Å². The molecule has 0 N–H and O–H groups in total. The van der Waals surface area contributed by atoms with Crippen LogP contribution in [-0.2, 0) is 9.47 Å². The van der Waals surface area contributed by atoms with Crippen LogP contribution in [0.5, 0.6) is 0 Å². The lowest BCUT2D eigenvalue weighted by Crippen LogP contribution is -2.01. The van der Waals surface area contributed by atoms with E-state index in [-0.39, 0.29) is 0 Å². The normalized spacial score (nSPS) is 10.8. The molecule has 0 aliphatic heterocycles. The highest BCUT2D eigenvalue weighted by Crippen LogP contribution is 1.96. The van der Waals surface area contributed by atoms with Crippen molar-refractivity contribution in [2.45, 2.75) is 19.3 Å². The van der Waals surface area contributed by atoms with E-state index in [9.17, 15) is 0 Å². The number of unbranched alkanes of at least 4 members (excludes halogenated alkanes) is 2. The first-order chi connectivity index (χ1) is 6.41. The summed E-state index contributed by atoms with van der Waals surface area (Å²) in [5.74, 6) is 0. The van der Waals surface area contributed by atoms with E-state index in [4.69, 9.17) is 9.47 Å². The minimum atomic E-state index is 0.671. The first-order valence-corrected chi connectivity index (χ1v) is 4.74. The molecule has 0 aliphatic carbocycles. The minimum Gasteiger partial charge on any atom is -0.382 e. The standard InChI is InChI=1S/C11H20O2/c1-3-4-5-6-7-8-9-13-11-10-12-2/h3,7-8H,1,4-6,9-11H2,2H3/b8-7-. The zero-order valence-corrected chi connectivity index (χ0v) is 8.50. The average molecular weight is 184 g/mol. The largest absolute Gasteiger partial charge is 0.382 e. The third kappa shape index (κ3) is 11.4. The van der Waals surface area contributed by atoms with Crippen LogP contribution in [0.25, 0.3) is 0 Å². The van der Waals surface area contributed by atoms with Crippen molar-refractivity contribution in [1.82, 2.24) is 0 Å². The van der Waals surface area contributed by atoms with Crippen molar-refractivity contribution in [1.29, 1.82) is 0 Å². The molecule has 0 saturated heterocycles. The Bertz CT molecular complexity index is 130. The summed E-state index contributed by atoms with van der Waals surface area (Å²) in [6.07, 6.45) is 9.53. The fourth-order valence-corrected chi connectivity index (χ4v) is 0.860. The van der Waals surface area contributed by atoms with Crippen LogP contribution in [0.15, 0.2) is 24.8 Å². The molecule has 0 rings (SSSR count). The quantitative estimate of drug-likeness (QED) is 0.405. The molecule has 0 aromatic carbocycles. The molecule has 0 heterocycles. The predicted molar refractivity (Wildman–Crippen MR) is 55.9 cm³/mol. The van der Waals surface area contributed by atoms with Gasteiger partial charge in [-0.25, -0.2) is 0 Å². The van der Waals surface area contributed by atoms with Crippen molar-refractivity contribution in [3.8, 4) is 0 Å². The van der Waals surface area contributed by atoms with Crippen LogP contribution in [0.1, 0.15) is 19.3 Å². The second-order valence-corrected chi connectivity index (χ2v) is 2.76. The Morgan fingerprint density at radius 3 is 2.69 bits per heavy atom. The zero-order valence-electron chi connectivity index (χ0n) is 8.50. The molecule has 0 atom stereocenters. The molecular formula is C11H20O2. The Morgan fingerprint density at radius 1 is 1.15 bits per heavy atom. The van der Waals surface area contributed by atoms with E-state index < -0.39 is 0 Å². The maximum Gasteiger partial charge on any atom is 0.0704 e. The molecule has 0 bridgehead atoms. The Balaban J connectivity index is 2.98. The average Bonchev–Trinajstić information content (AvgIpc) is 2.16. The van der Waals surface area contributed by atoms with Gasteiger partial charge in [-0.3, -0.25) is 0 Å². The molecule has 2 nitrogen and oxygen atoms in total. The van der Waals surface area contributed by atoms with Gasteiger partial charge in [0.05, 0.1) is 19.8 Å². The molecule has 0 aromatic rings. The van der Waals surface area contributed by atoms with Crippen molar-refractivity contribution >= 4 is 0 Å². The highest BCUT2D eigenvalue weighted by molar-refractivity contribution is 4.82. The van der Waals surface area contributed by atoms with Crippen LogP contribution in [0.3, 0.4) is 0 Å². The third-order valence-electron chi connectivity index (χ3n) is 1.59. The summed E-state index contributed by atoms with van der Waals surface area (Å²) in [4.78, 5) is 0. The molecule has 2 heteroatoms. The molecule has 0 radical (unpaired) electrons. The van der Waals surface area contributed by atoms with Crippen LogP contribution < -0.4 is 0 Å². The Hall–Kier alpha value is -0.600. The van der Waals surface area contributed by atoms with Crippen LogP contribution >= 0.6 is 0 Å². The fourth-order valence-electron chi connectivity index (χ4n) is 0.860. The molecule has 0 amide bonds. The van der Waals surface area contributed by atoms with Gasteiger partial charge in [0.1, 0.15) is 0 Å². The van der Waals surface area contributed by atoms with Crippen LogP contribution in [0.4, 0.5) is 0 Å². The van der Waals surface area contributed by atoms with E-state index in [2.05, 4.69) is 18.7 Å². The Morgan fingerprint density at radius 2 is 2.00 bits per heavy atom. The first kappa shape index (κ1) is 12.4. The zero-order chi connectivity index (χ0) is 9.78. The van der Waals surface area contributed by atoms with Gasteiger partial charge in [-0.1, -0.05) is 18.2 Å². The lowest BCUT2D eigenvalue weighted by atomic mass is 10.2. The Labute approximate surface area is 81.2 Å². The maximum absolute atomic E-state index is 5.25. The van der Waals surface area contributed by atoms with Gasteiger partial charge in [-0.15, -0.1) is 6.58 Å². The van der Waals surface area contributed by atoms with Gasteiger partial charge in [-0.2, -0.15) is 0 Å². The molecule has 13 heavy (non-hydrogen) atoms. The summed E-state index contributed by atoms with van der Waals surface area (Å²) < 4.78 is 10.1. The van der Waals surface area contributed by atoms with Gasteiger partial charge in [0, 0.05) is 7.11 Å². The van der Waals surface area contributed by atoms with Crippen molar-refractivity contribution in [3.05, 3.63) is 24.8 Å². The van der Waals surface area contributed by atoms with Gasteiger partial charge in [0.2, 0.25) is 0 Å². The van der Waals surface area contributed by atoms with Gasteiger partial charge >= 0.3 is 0 Å². The van der Waals surface area contributed by atoms with Crippen molar-refractivity contribution in [3.63, 3.8) is 0 Å². The van der Waals surface area contributed by atoms with E-state index in [1.165, 1.54) is 6.42 Å². The highest BCUT2D eigenvalue weighted by atomic mass is 16.5. The minimum absolute atomic E-state index is 0.671. The molecule has 0 aromatic heterocycles. The number of methoxy groups -OCH3 is 1. The smallest absolute Gasteiger partial charge is 0.0704 e. The summed E-state index contributed by atoms with van der Waals surface area (Å²) in [5.41, 5.74) is 0. The molecule has 0 fully saturated rings. The SMILES string of the molecule is C=CCCC/C=C\COCCOC. The Kier molecular flexibility index (Phi) is 10.9. The predicted octanol–water partition coefficient (Wildman–Crippen LogP) is 2.56. The second kappa shape index (κ2) is 11.4. The fraction of sp³-hybridized carbons (Fsp3) is 0.636. The van der Waals surface area contributed by atoms with E-state index in [0.29, 0.717) is 19.8 Å². The maximum atomic E-state index is 5.25. The molecule has 0 spiro atoms. The lowest BCUT2D eigenvalue weighted by Gasteiger charge is -1.98. The summed E-state index contributed by atoms with van der Waals surface area (Å²) in [5, 5.41) is 0. The first-order valence-electron chi connectivity index (χ1n) is 4.74. The number of hydrogen-bond donors (Lipinski definition) is 0. The van der Waals surface area contributed by atoms with Crippen LogP contribution in [0.2, 0.25) is 0 Å². The molecule has 0 saturated carbocycles. The van der Waals surface area contributed by atoms with Crippen molar-refractivity contribution in [2.75, 3.05) is 26.9 Å². The third-order valence-corrected chi connectivity index (χ3v) is 1.59.